The molecule has 0 spiro atoms. The molecule has 0 aromatic rings. The molecule has 0 radical (unpaired) electrons. The van der Waals surface area contributed by atoms with Crippen LogP contribution in [0, 0.1) is 0 Å². The quantitative estimate of drug-likeness (QED) is 0.536. The molecule has 0 amide bonds. The molecule has 0 nitrogen and oxygen atoms in total. The Balaban J connectivity index is 0. The molecule has 0 rings (SSSR count). The Kier molecular flexibility index (Phi) is 27.9. The molecule has 0 aliphatic rings. The van der Waals surface area contributed by atoms with Gasteiger partial charge in [-0.15, -0.1) is 0 Å². The van der Waals surface area contributed by atoms with E-state index < -0.39 is 13.9 Å². The van der Waals surface area contributed by atoms with Gasteiger partial charge in [0.15, 0.2) is 0 Å². The Labute approximate surface area is 57.5 Å². The van der Waals surface area contributed by atoms with Crippen LogP contribution in [0.2, 0.25) is 0 Å². The molecule has 0 unspecified atom stereocenters. The summed E-state index contributed by atoms with van der Waals surface area (Å²) in [5.41, 5.74) is 1.22. The van der Waals surface area contributed by atoms with Crippen molar-refractivity contribution in [3.05, 3.63) is 12.1 Å². The number of rotatable bonds is 0. The molecule has 0 saturated heterocycles. The summed E-state index contributed by atoms with van der Waals surface area (Å²) < 4.78 is 0. The first kappa shape index (κ1) is 10.2. The number of halogens is 3. The molecule has 0 saturated carbocycles. The maximum atomic E-state index is 4.89. The van der Waals surface area contributed by atoms with Gasteiger partial charge in [-0.25, -0.2) is 0 Å². The summed E-state index contributed by atoms with van der Waals surface area (Å²) in [5.74, 6) is 0. The van der Waals surface area contributed by atoms with Gasteiger partial charge in [0.2, 0.25) is 0 Å². The van der Waals surface area contributed by atoms with Crippen molar-refractivity contribution < 1.29 is 0 Å². The topological polar surface area (TPSA) is 0 Å². The molecule has 0 heterocycles. The molecule has 0 atom stereocenters. The molecule has 4 heteroatoms. The van der Waals surface area contributed by atoms with Crippen molar-refractivity contribution >= 4 is 45.4 Å². The van der Waals surface area contributed by atoms with Gasteiger partial charge in [0.05, 0.1) is 0 Å². The second kappa shape index (κ2) is 16.4. The summed E-state index contributed by atoms with van der Waals surface area (Å²) in [6, 6.07) is 0. The van der Waals surface area contributed by atoms with Crippen molar-refractivity contribution in [2.75, 3.05) is 0 Å². The molecule has 0 bridgehead atoms. The predicted molar refractivity (Wildman–Crippen MR) is 34.9 cm³/mol. The van der Waals surface area contributed by atoms with Gasteiger partial charge in [-0.2, -0.15) is 0 Å². The molecule has 6 heavy (non-hydrogen) atoms. The molecule has 0 aliphatic heterocycles. The van der Waals surface area contributed by atoms with E-state index in [0.29, 0.717) is 0 Å². The van der Waals surface area contributed by atoms with Crippen molar-refractivity contribution in [1.29, 1.82) is 0 Å². The van der Waals surface area contributed by atoms with Crippen LogP contribution in [-0.4, -0.2) is 13.9 Å². The Hall–Kier alpha value is 1.17. The van der Waals surface area contributed by atoms with E-state index in [1.807, 2.05) is 0 Å². The van der Waals surface area contributed by atoms with Crippen molar-refractivity contribution in [3.8, 4) is 0 Å². The zero-order valence-electron chi connectivity index (χ0n) is 2.92. The van der Waals surface area contributed by atoms with Gasteiger partial charge in [0, 0.05) is 0 Å². The average molecular weight is 209 g/mol. The molecule has 0 aromatic heterocycles. The summed E-state index contributed by atoms with van der Waals surface area (Å²) in [4.78, 5) is 0. The van der Waals surface area contributed by atoms with Crippen LogP contribution in [0.25, 0.3) is 0 Å². The SMILES string of the molecule is C=CCl.Cl[AsH]Cl. The Morgan fingerprint density at radius 3 is 1.50 bits per heavy atom. The first-order valence-electron chi connectivity index (χ1n) is 1.00. The van der Waals surface area contributed by atoms with E-state index in [1.165, 1.54) is 5.54 Å². The summed E-state index contributed by atoms with van der Waals surface area (Å²) in [6.07, 6.45) is 0. The average Bonchev–Trinajstić information content (AvgIpc) is 1.39. The fourth-order valence-electron chi connectivity index (χ4n) is 0. The van der Waals surface area contributed by atoms with Gasteiger partial charge >= 0.3 is 33.8 Å². The zero-order valence-corrected chi connectivity index (χ0v) is 7.28. The van der Waals surface area contributed by atoms with Gasteiger partial charge in [-0.3, -0.25) is 0 Å². The Bertz CT molecular complexity index is 22.8. The molecule has 38 valence electrons. The van der Waals surface area contributed by atoms with E-state index in [-0.39, 0.29) is 0 Å². The van der Waals surface area contributed by atoms with Crippen molar-refractivity contribution in [2.24, 2.45) is 0 Å². The Morgan fingerprint density at radius 2 is 1.50 bits per heavy atom. The van der Waals surface area contributed by atoms with Crippen LogP contribution in [-0.2, 0) is 0 Å². The van der Waals surface area contributed by atoms with E-state index >= 15 is 0 Å². The number of hydrogen-bond donors (Lipinski definition) is 0. The fourth-order valence-corrected chi connectivity index (χ4v) is 0. The first-order chi connectivity index (χ1) is 2.83. The molecule has 0 fully saturated rings. The summed E-state index contributed by atoms with van der Waals surface area (Å²) in [7, 11) is 9.78. The van der Waals surface area contributed by atoms with Gasteiger partial charge < -0.3 is 0 Å². The third kappa shape index (κ3) is 65.8. The van der Waals surface area contributed by atoms with E-state index in [4.69, 9.17) is 31.5 Å². The van der Waals surface area contributed by atoms with Crippen molar-refractivity contribution in [3.63, 3.8) is 0 Å². The van der Waals surface area contributed by atoms with Crippen LogP contribution in [0.3, 0.4) is 0 Å². The number of hydrogen-bond acceptors (Lipinski definition) is 0. The molecular formula is C2H4AsCl3. The van der Waals surface area contributed by atoms with Crippen LogP contribution >= 0.6 is 31.5 Å². The minimum atomic E-state index is -0.556. The fraction of sp³-hybridized carbons (Fsp3) is 0. The first-order valence-corrected chi connectivity index (χ1v) is 6.95. The second-order valence-electron chi connectivity index (χ2n) is 0.226. The van der Waals surface area contributed by atoms with E-state index in [1.54, 1.807) is 0 Å². The second-order valence-corrected chi connectivity index (χ2v) is 3.80. The zero-order chi connectivity index (χ0) is 5.41. The Morgan fingerprint density at radius 1 is 1.50 bits per heavy atom. The van der Waals surface area contributed by atoms with Gasteiger partial charge in [-0.1, -0.05) is 18.2 Å². The normalized spacial score (nSPS) is 5.17. The van der Waals surface area contributed by atoms with E-state index in [9.17, 15) is 0 Å². The molecular weight excluding hydrogens is 205 g/mol. The van der Waals surface area contributed by atoms with Crippen LogP contribution < -0.4 is 0 Å². The van der Waals surface area contributed by atoms with E-state index in [0.717, 1.165) is 0 Å². The van der Waals surface area contributed by atoms with Crippen LogP contribution in [0.1, 0.15) is 0 Å². The van der Waals surface area contributed by atoms with Crippen LogP contribution in [0.15, 0.2) is 12.1 Å². The predicted octanol–water partition coefficient (Wildman–Crippen LogP) is 2.10. The van der Waals surface area contributed by atoms with E-state index in [2.05, 4.69) is 6.58 Å². The summed E-state index contributed by atoms with van der Waals surface area (Å²) >= 11 is 4.21. The standard InChI is InChI=1S/C2H3Cl.AsCl2H/c1-2-3;2-1-3/h2H,1H2;1H. The van der Waals surface area contributed by atoms with Gasteiger partial charge in [-0.05, 0) is 5.54 Å². The van der Waals surface area contributed by atoms with Gasteiger partial charge in [0.1, 0.15) is 0 Å². The summed E-state index contributed by atoms with van der Waals surface area (Å²) in [5, 5.41) is 0. The summed E-state index contributed by atoms with van der Waals surface area (Å²) in [6.45, 7) is 3.13. The third-order valence-electron chi connectivity index (χ3n) is 0. The van der Waals surface area contributed by atoms with Crippen molar-refractivity contribution in [1.82, 2.24) is 0 Å². The minimum absolute atomic E-state index is 0.556. The monoisotopic (exact) mass is 208 g/mol. The molecule has 0 aliphatic carbocycles. The van der Waals surface area contributed by atoms with Gasteiger partial charge in [0.25, 0.3) is 0 Å². The molecule has 0 N–H and O–H groups in total. The van der Waals surface area contributed by atoms with Crippen LogP contribution in [0.4, 0.5) is 0 Å². The maximum absolute atomic E-state index is 4.89. The molecule has 0 aromatic carbocycles. The van der Waals surface area contributed by atoms with Crippen molar-refractivity contribution in [2.45, 2.75) is 0 Å². The van der Waals surface area contributed by atoms with Crippen LogP contribution in [0.5, 0.6) is 0 Å². The third-order valence-corrected chi connectivity index (χ3v) is 0.